The molecule has 0 saturated heterocycles. The molecule has 2 amide bonds. The predicted molar refractivity (Wildman–Crippen MR) is 108 cm³/mol. The molecule has 0 aliphatic carbocycles. The molecule has 2 aromatic rings. The highest BCUT2D eigenvalue weighted by Crippen LogP contribution is 2.35. The van der Waals surface area contributed by atoms with E-state index in [1.54, 1.807) is 19.2 Å². The van der Waals surface area contributed by atoms with Crippen molar-refractivity contribution in [2.75, 3.05) is 32.7 Å². The monoisotopic (exact) mass is 380 g/mol. The second-order valence-electron chi connectivity index (χ2n) is 6.38. The summed E-state index contributed by atoms with van der Waals surface area (Å²) in [6, 6.07) is 15.0. The van der Waals surface area contributed by atoms with Crippen LogP contribution in [0.1, 0.15) is 18.1 Å². The van der Waals surface area contributed by atoms with E-state index in [4.69, 9.17) is 9.47 Å². The molecule has 3 rings (SSSR count). The van der Waals surface area contributed by atoms with Crippen molar-refractivity contribution in [3.05, 3.63) is 65.4 Å². The van der Waals surface area contributed by atoms with Crippen molar-refractivity contribution in [2.24, 2.45) is 0 Å². The van der Waals surface area contributed by atoms with Crippen LogP contribution < -0.4 is 10.1 Å². The number of methoxy groups -OCH3 is 2. The van der Waals surface area contributed by atoms with Gasteiger partial charge in [0.15, 0.2) is 0 Å². The van der Waals surface area contributed by atoms with Crippen LogP contribution >= 0.6 is 0 Å². The smallest absolute Gasteiger partial charge is 0.278 e. The van der Waals surface area contributed by atoms with E-state index >= 15 is 0 Å². The highest BCUT2D eigenvalue weighted by atomic mass is 16.5. The predicted octanol–water partition coefficient (Wildman–Crippen LogP) is 3.10. The zero-order valence-corrected chi connectivity index (χ0v) is 16.3. The molecule has 1 aliphatic heterocycles. The number of ether oxygens (including phenoxy) is 2. The number of imide groups is 1. The maximum absolute atomic E-state index is 13.1. The van der Waals surface area contributed by atoms with Crippen molar-refractivity contribution in [1.82, 2.24) is 4.90 Å². The number of benzene rings is 2. The van der Waals surface area contributed by atoms with Crippen molar-refractivity contribution in [2.45, 2.75) is 13.3 Å². The Balaban J connectivity index is 2.05. The second kappa shape index (κ2) is 8.71. The summed E-state index contributed by atoms with van der Waals surface area (Å²) in [5, 5.41) is 3.15. The fourth-order valence-corrected chi connectivity index (χ4v) is 3.15. The van der Waals surface area contributed by atoms with Gasteiger partial charge in [0.25, 0.3) is 11.8 Å². The van der Waals surface area contributed by atoms with E-state index in [0.717, 1.165) is 12.1 Å². The molecule has 0 unspecified atom stereocenters. The van der Waals surface area contributed by atoms with Crippen LogP contribution in [0.2, 0.25) is 0 Å². The molecule has 0 fully saturated rings. The number of amides is 2. The van der Waals surface area contributed by atoms with Gasteiger partial charge in [-0.15, -0.1) is 0 Å². The van der Waals surface area contributed by atoms with Gasteiger partial charge in [-0.2, -0.15) is 0 Å². The summed E-state index contributed by atoms with van der Waals surface area (Å²) in [5.41, 5.74) is 3.07. The number of nitrogens with one attached hydrogen (secondary N) is 1. The number of carbonyl (C=O) groups is 2. The molecular weight excluding hydrogens is 356 g/mol. The van der Waals surface area contributed by atoms with E-state index in [0.29, 0.717) is 16.9 Å². The third-order valence-corrected chi connectivity index (χ3v) is 4.69. The first-order valence-corrected chi connectivity index (χ1v) is 9.19. The standard InChI is InChI=1S/C22H24N2O4/c1-4-15-9-11-16(12-10-15)23-20-19(17-7-5-6-8-18(17)28-3)21(25)24(22(20)26)13-14-27-2/h5-12,23H,4,13-14H2,1-3H3. The van der Waals surface area contributed by atoms with Crippen molar-refractivity contribution >= 4 is 23.1 Å². The number of hydrogen-bond donors (Lipinski definition) is 1. The third kappa shape index (κ3) is 3.77. The fraction of sp³-hybridized carbons (Fsp3) is 0.273. The van der Waals surface area contributed by atoms with Crippen LogP contribution in [0, 0.1) is 0 Å². The van der Waals surface area contributed by atoms with Gasteiger partial charge in [-0.3, -0.25) is 14.5 Å². The second-order valence-corrected chi connectivity index (χ2v) is 6.38. The first kappa shape index (κ1) is 19.6. The molecule has 0 radical (unpaired) electrons. The van der Waals surface area contributed by atoms with Crippen LogP contribution in [0.4, 0.5) is 5.69 Å². The molecule has 6 heteroatoms. The average Bonchev–Trinajstić information content (AvgIpc) is 2.96. The molecule has 1 N–H and O–H groups in total. The lowest BCUT2D eigenvalue weighted by Crippen LogP contribution is -2.35. The van der Waals surface area contributed by atoms with Crippen LogP contribution in [0.3, 0.4) is 0 Å². The third-order valence-electron chi connectivity index (χ3n) is 4.69. The zero-order valence-electron chi connectivity index (χ0n) is 16.3. The fourth-order valence-electron chi connectivity index (χ4n) is 3.15. The molecule has 0 aromatic heterocycles. The van der Waals surface area contributed by atoms with Gasteiger partial charge < -0.3 is 14.8 Å². The van der Waals surface area contributed by atoms with Crippen LogP contribution in [0.5, 0.6) is 5.75 Å². The quantitative estimate of drug-likeness (QED) is 0.713. The minimum absolute atomic E-state index is 0.187. The van der Waals surface area contributed by atoms with Crippen molar-refractivity contribution in [3.8, 4) is 5.75 Å². The molecule has 146 valence electrons. The van der Waals surface area contributed by atoms with Gasteiger partial charge in [-0.25, -0.2) is 0 Å². The Morgan fingerprint density at radius 1 is 0.964 bits per heavy atom. The maximum Gasteiger partial charge on any atom is 0.278 e. The minimum atomic E-state index is -0.373. The van der Waals surface area contributed by atoms with Crippen molar-refractivity contribution in [3.63, 3.8) is 0 Å². The number of nitrogens with zero attached hydrogens (tertiary/aromatic N) is 1. The van der Waals surface area contributed by atoms with Crippen LogP contribution in [0.15, 0.2) is 54.2 Å². The van der Waals surface area contributed by atoms with E-state index in [9.17, 15) is 9.59 Å². The Morgan fingerprint density at radius 3 is 2.32 bits per heavy atom. The van der Waals surface area contributed by atoms with Gasteiger partial charge in [0.05, 0.1) is 25.8 Å². The zero-order chi connectivity index (χ0) is 20.1. The SMILES string of the molecule is CCc1ccc(NC2=C(c3ccccc3OC)C(=O)N(CCOC)C2=O)cc1. The largest absolute Gasteiger partial charge is 0.496 e. The summed E-state index contributed by atoms with van der Waals surface area (Å²) in [4.78, 5) is 27.3. The van der Waals surface area contributed by atoms with Crippen molar-refractivity contribution < 1.29 is 19.1 Å². The molecule has 1 aliphatic rings. The first-order valence-electron chi connectivity index (χ1n) is 9.19. The first-order chi connectivity index (χ1) is 13.6. The molecule has 1 heterocycles. The Hall–Kier alpha value is -3.12. The van der Waals surface area contributed by atoms with E-state index in [1.807, 2.05) is 36.4 Å². The van der Waals surface area contributed by atoms with Crippen LogP contribution in [0.25, 0.3) is 5.57 Å². The van der Waals surface area contributed by atoms with Gasteiger partial charge in [0, 0.05) is 18.4 Å². The number of rotatable bonds is 8. The topological polar surface area (TPSA) is 67.9 Å². The van der Waals surface area contributed by atoms with E-state index in [1.165, 1.54) is 17.6 Å². The normalized spacial score (nSPS) is 14.0. The number of hydrogen-bond acceptors (Lipinski definition) is 5. The molecule has 0 atom stereocenters. The molecule has 0 spiro atoms. The Bertz CT molecular complexity index is 903. The number of carbonyl (C=O) groups excluding carboxylic acids is 2. The molecule has 0 saturated carbocycles. The lowest BCUT2D eigenvalue weighted by molar-refractivity contribution is -0.137. The van der Waals surface area contributed by atoms with E-state index < -0.39 is 0 Å². The average molecular weight is 380 g/mol. The molecule has 6 nitrogen and oxygen atoms in total. The number of aryl methyl sites for hydroxylation is 1. The lowest BCUT2D eigenvalue weighted by atomic mass is 10.0. The highest BCUT2D eigenvalue weighted by molar-refractivity contribution is 6.37. The van der Waals surface area contributed by atoms with Crippen LogP contribution in [-0.4, -0.2) is 44.1 Å². The summed E-state index contributed by atoms with van der Waals surface area (Å²) >= 11 is 0. The van der Waals surface area contributed by atoms with Gasteiger partial charge in [0.2, 0.25) is 0 Å². The lowest BCUT2D eigenvalue weighted by Gasteiger charge is -2.14. The Morgan fingerprint density at radius 2 is 1.68 bits per heavy atom. The Kier molecular flexibility index (Phi) is 6.11. The highest BCUT2D eigenvalue weighted by Gasteiger charge is 2.39. The van der Waals surface area contributed by atoms with Gasteiger partial charge in [0.1, 0.15) is 11.4 Å². The van der Waals surface area contributed by atoms with Gasteiger partial charge in [-0.1, -0.05) is 37.3 Å². The van der Waals surface area contributed by atoms with Crippen LogP contribution in [-0.2, 0) is 20.7 Å². The van der Waals surface area contributed by atoms with Gasteiger partial charge >= 0.3 is 0 Å². The van der Waals surface area contributed by atoms with E-state index in [-0.39, 0.29) is 30.7 Å². The number of anilines is 1. The summed E-state index contributed by atoms with van der Waals surface area (Å²) in [6.07, 6.45) is 0.928. The number of para-hydroxylation sites is 1. The Labute approximate surface area is 164 Å². The summed E-state index contributed by atoms with van der Waals surface area (Å²) in [7, 11) is 3.08. The minimum Gasteiger partial charge on any atom is -0.496 e. The molecular formula is C22H24N2O4. The maximum atomic E-state index is 13.1. The van der Waals surface area contributed by atoms with Gasteiger partial charge in [-0.05, 0) is 30.2 Å². The molecule has 0 bridgehead atoms. The molecule has 28 heavy (non-hydrogen) atoms. The van der Waals surface area contributed by atoms with E-state index in [2.05, 4.69) is 12.2 Å². The summed E-state index contributed by atoms with van der Waals surface area (Å²) < 4.78 is 10.5. The van der Waals surface area contributed by atoms with Crippen molar-refractivity contribution in [1.29, 1.82) is 0 Å². The molecule has 2 aromatic carbocycles. The summed E-state index contributed by atoms with van der Waals surface area (Å²) in [5.74, 6) is -0.199. The summed E-state index contributed by atoms with van der Waals surface area (Å²) in [6.45, 7) is 2.54.